The molecule has 0 bridgehead atoms. The second-order valence-electron chi connectivity index (χ2n) is 4.39. The first-order valence-corrected chi connectivity index (χ1v) is 6.36. The van der Waals surface area contributed by atoms with Crippen molar-refractivity contribution in [1.29, 1.82) is 0 Å². The van der Waals surface area contributed by atoms with E-state index in [4.69, 9.17) is 5.11 Å². The Hall–Kier alpha value is -0.520. The minimum Gasteiger partial charge on any atom is -0.396 e. The Morgan fingerprint density at radius 2 is 2.18 bits per heavy atom. The van der Waals surface area contributed by atoms with Gasteiger partial charge in [-0.3, -0.25) is 4.90 Å². The van der Waals surface area contributed by atoms with Crippen LogP contribution >= 0.6 is 15.9 Å². The van der Waals surface area contributed by atoms with Crippen molar-refractivity contribution in [2.75, 3.05) is 19.7 Å². The summed E-state index contributed by atoms with van der Waals surface area (Å²) in [6.07, 6.45) is 0.883. The summed E-state index contributed by atoms with van der Waals surface area (Å²) in [7, 11) is 0. The van der Waals surface area contributed by atoms with E-state index in [1.165, 1.54) is 12.1 Å². The van der Waals surface area contributed by atoms with Crippen molar-refractivity contribution in [2.24, 2.45) is 5.92 Å². The zero-order valence-electron chi connectivity index (χ0n) is 9.30. The second kappa shape index (κ2) is 5.42. The molecule has 1 saturated heterocycles. The van der Waals surface area contributed by atoms with Crippen LogP contribution in [-0.4, -0.2) is 29.7 Å². The zero-order valence-corrected chi connectivity index (χ0v) is 10.9. The van der Waals surface area contributed by atoms with E-state index >= 15 is 0 Å². The second-order valence-corrected chi connectivity index (χ2v) is 5.25. The summed E-state index contributed by atoms with van der Waals surface area (Å²) in [5.74, 6) is -0.816. The van der Waals surface area contributed by atoms with E-state index in [1.54, 1.807) is 0 Å². The Morgan fingerprint density at radius 3 is 2.82 bits per heavy atom. The summed E-state index contributed by atoms with van der Waals surface area (Å²) < 4.78 is 27.5. The number of halogens is 3. The number of hydrogen-bond donors (Lipinski definition) is 1. The van der Waals surface area contributed by atoms with Gasteiger partial charge in [-0.25, -0.2) is 8.78 Å². The number of rotatable bonds is 3. The van der Waals surface area contributed by atoms with Gasteiger partial charge in [0.2, 0.25) is 0 Å². The van der Waals surface area contributed by atoms with Gasteiger partial charge in [-0.05, 0) is 46.9 Å². The van der Waals surface area contributed by atoms with Crippen molar-refractivity contribution in [3.05, 3.63) is 33.8 Å². The van der Waals surface area contributed by atoms with Gasteiger partial charge in [-0.1, -0.05) is 0 Å². The maximum absolute atomic E-state index is 13.7. The van der Waals surface area contributed by atoms with Crippen molar-refractivity contribution in [2.45, 2.75) is 13.0 Å². The van der Waals surface area contributed by atoms with Crippen LogP contribution in [0.5, 0.6) is 0 Å². The van der Waals surface area contributed by atoms with Crippen LogP contribution in [-0.2, 0) is 6.54 Å². The molecule has 1 aliphatic rings. The van der Waals surface area contributed by atoms with E-state index in [9.17, 15) is 8.78 Å². The van der Waals surface area contributed by atoms with E-state index < -0.39 is 11.6 Å². The van der Waals surface area contributed by atoms with Crippen molar-refractivity contribution in [3.8, 4) is 0 Å². The minimum atomic E-state index is -0.530. The number of aliphatic hydroxyl groups excluding tert-OH is 1. The third-order valence-corrected chi connectivity index (χ3v) is 3.76. The summed E-state index contributed by atoms with van der Waals surface area (Å²) >= 11 is 3.05. The third kappa shape index (κ3) is 2.84. The number of hydrogen-bond acceptors (Lipinski definition) is 2. The van der Waals surface area contributed by atoms with E-state index in [1.807, 2.05) is 4.90 Å². The summed E-state index contributed by atoms with van der Waals surface area (Å²) in [5, 5.41) is 9.02. The lowest BCUT2D eigenvalue weighted by Crippen LogP contribution is -2.22. The molecule has 1 aromatic carbocycles. The lowest BCUT2D eigenvalue weighted by Gasteiger charge is -2.17. The number of benzene rings is 1. The number of likely N-dealkylation sites (tertiary alicyclic amines) is 1. The quantitative estimate of drug-likeness (QED) is 0.868. The Morgan fingerprint density at radius 1 is 1.41 bits per heavy atom. The summed E-state index contributed by atoms with van der Waals surface area (Å²) in [5.41, 5.74) is 0.0953. The predicted octanol–water partition coefficient (Wildman–Crippen LogP) is 2.54. The summed E-state index contributed by atoms with van der Waals surface area (Å²) in [6.45, 7) is 1.87. The average molecular weight is 306 g/mol. The van der Waals surface area contributed by atoms with Crippen LogP contribution in [0, 0.1) is 17.6 Å². The molecule has 0 spiro atoms. The molecule has 1 fully saturated rings. The maximum Gasteiger partial charge on any atom is 0.144 e. The first kappa shape index (κ1) is 12.9. The molecule has 1 aliphatic heterocycles. The van der Waals surface area contributed by atoms with Crippen molar-refractivity contribution in [1.82, 2.24) is 4.90 Å². The Balaban J connectivity index is 2.11. The molecule has 2 nitrogen and oxygen atoms in total. The molecule has 1 atom stereocenters. The van der Waals surface area contributed by atoms with Crippen molar-refractivity contribution < 1.29 is 13.9 Å². The summed E-state index contributed by atoms with van der Waals surface area (Å²) in [6, 6.07) is 2.64. The Labute approximate surface area is 107 Å². The molecule has 17 heavy (non-hydrogen) atoms. The molecule has 5 heteroatoms. The van der Waals surface area contributed by atoms with E-state index in [0.717, 1.165) is 13.0 Å². The minimum absolute atomic E-state index is 0.0953. The summed E-state index contributed by atoms with van der Waals surface area (Å²) in [4.78, 5) is 1.97. The number of aliphatic hydroxyl groups is 1. The average Bonchev–Trinajstić information content (AvgIpc) is 2.77. The van der Waals surface area contributed by atoms with Gasteiger partial charge in [-0.15, -0.1) is 0 Å². The van der Waals surface area contributed by atoms with Crippen LogP contribution in [0.4, 0.5) is 8.78 Å². The molecule has 0 aromatic heterocycles. The Bertz CT molecular complexity index is 414. The van der Waals surface area contributed by atoms with E-state index in [-0.39, 0.29) is 29.1 Å². The van der Waals surface area contributed by atoms with Crippen molar-refractivity contribution >= 4 is 15.9 Å². The van der Waals surface area contributed by atoms with Crippen LogP contribution < -0.4 is 0 Å². The normalized spacial score (nSPS) is 21.1. The first-order chi connectivity index (χ1) is 8.11. The fourth-order valence-corrected chi connectivity index (χ4v) is 2.51. The smallest absolute Gasteiger partial charge is 0.144 e. The predicted molar refractivity (Wildman–Crippen MR) is 64.5 cm³/mol. The SMILES string of the molecule is OCC1CCN(Cc2c(F)ccc(Br)c2F)C1. The van der Waals surface area contributed by atoms with Crippen LogP contribution in [0.1, 0.15) is 12.0 Å². The fourth-order valence-electron chi connectivity index (χ4n) is 2.14. The van der Waals surface area contributed by atoms with Gasteiger partial charge in [0.25, 0.3) is 0 Å². The lowest BCUT2D eigenvalue weighted by molar-refractivity contribution is 0.219. The fraction of sp³-hybridized carbons (Fsp3) is 0.500. The monoisotopic (exact) mass is 305 g/mol. The van der Waals surface area contributed by atoms with Gasteiger partial charge < -0.3 is 5.11 Å². The van der Waals surface area contributed by atoms with Gasteiger partial charge in [0.15, 0.2) is 0 Å². The molecule has 0 amide bonds. The molecule has 1 N–H and O–H groups in total. The highest BCUT2D eigenvalue weighted by Crippen LogP contribution is 2.25. The van der Waals surface area contributed by atoms with E-state index in [0.29, 0.717) is 6.54 Å². The third-order valence-electron chi connectivity index (χ3n) is 3.15. The van der Waals surface area contributed by atoms with Crippen molar-refractivity contribution in [3.63, 3.8) is 0 Å². The maximum atomic E-state index is 13.7. The molecule has 94 valence electrons. The van der Waals surface area contributed by atoms with Gasteiger partial charge in [0.05, 0.1) is 4.47 Å². The highest BCUT2D eigenvalue weighted by Gasteiger charge is 2.24. The molecule has 0 radical (unpaired) electrons. The van der Waals surface area contributed by atoms with Gasteiger partial charge in [-0.2, -0.15) is 0 Å². The zero-order chi connectivity index (χ0) is 12.4. The molecule has 1 unspecified atom stereocenters. The van der Waals surface area contributed by atoms with E-state index in [2.05, 4.69) is 15.9 Å². The first-order valence-electron chi connectivity index (χ1n) is 5.57. The number of nitrogens with zero attached hydrogens (tertiary/aromatic N) is 1. The van der Waals surface area contributed by atoms with Gasteiger partial charge in [0.1, 0.15) is 11.6 Å². The Kier molecular flexibility index (Phi) is 4.12. The molecule has 2 rings (SSSR count). The standard InChI is InChI=1S/C12H14BrF2NO/c13-10-1-2-11(14)9(12(10)15)6-16-4-3-8(5-16)7-17/h1-2,8,17H,3-7H2. The van der Waals surface area contributed by atoms with Gasteiger partial charge in [0, 0.05) is 25.3 Å². The topological polar surface area (TPSA) is 23.5 Å². The molecule has 0 aliphatic carbocycles. The lowest BCUT2D eigenvalue weighted by atomic mass is 10.1. The molecule has 1 heterocycles. The molecular formula is C12H14BrF2NO. The van der Waals surface area contributed by atoms with Gasteiger partial charge >= 0.3 is 0 Å². The van der Waals surface area contributed by atoms with Crippen LogP contribution in [0.3, 0.4) is 0 Å². The molecular weight excluding hydrogens is 292 g/mol. The molecule has 0 saturated carbocycles. The molecule has 1 aromatic rings. The highest BCUT2D eigenvalue weighted by molar-refractivity contribution is 9.10. The van der Waals surface area contributed by atoms with Crippen LogP contribution in [0.2, 0.25) is 0 Å². The van der Waals surface area contributed by atoms with Crippen LogP contribution in [0.25, 0.3) is 0 Å². The van der Waals surface area contributed by atoms with Crippen LogP contribution in [0.15, 0.2) is 16.6 Å². The highest BCUT2D eigenvalue weighted by atomic mass is 79.9. The largest absolute Gasteiger partial charge is 0.396 e.